The molecule has 0 N–H and O–H groups in total. The number of thioether (sulfide) groups is 1. The molecule has 0 aromatic heterocycles. The van der Waals surface area contributed by atoms with Crippen molar-refractivity contribution < 1.29 is 4.74 Å². The van der Waals surface area contributed by atoms with Crippen molar-refractivity contribution in [2.45, 2.75) is 11.8 Å². The zero-order valence-electron chi connectivity index (χ0n) is 10.3. The molecule has 0 radical (unpaired) electrons. The standard InChI is InChI=1S/C15H13NOS/c1-11-9-14(18-2)7-8-15(11)17-13-5-3-12(10-16)4-6-13/h3-9H,1-2H3. The SMILES string of the molecule is CSc1ccc(Oc2ccc(C#N)cc2)c(C)c1. The first-order chi connectivity index (χ1) is 8.72. The summed E-state index contributed by atoms with van der Waals surface area (Å²) in [5.74, 6) is 1.59. The first-order valence-corrected chi connectivity index (χ1v) is 6.78. The fourth-order valence-electron chi connectivity index (χ4n) is 1.59. The van der Waals surface area contributed by atoms with Crippen molar-refractivity contribution in [3.63, 3.8) is 0 Å². The summed E-state index contributed by atoms with van der Waals surface area (Å²) < 4.78 is 5.79. The van der Waals surface area contributed by atoms with Crippen molar-refractivity contribution >= 4 is 11.8 Å². The molecule has 90 valence electrons. The zero-order chi connectivity index (χ0) is 13.0. The van der Waals surface area contributed by atoms with Gasteiger partial charge >= 0.3 is 0 Å². The maximum Gasteiger partial charge on any atom is 0.130 e. The van der Waals surface area contributed by atoms with Crippen LogP contribution in [0, 0.1) is 18.3 Å². The summed E-state index contributed by atoms with van der Waals surface area (Å²) >= 11 is 1.71. The lowest BCUT2D eigenvalue weighted by molar-refractivity contribution is 0.478. The highest BCUT2D eigenvalue weighted by Gasteiger charge is 2.02. The van der Waals surface area contributed by atoms with E-state index in [-0.39, 0.29) is 0 Å². The van der Waals surface area contributed by atoms with E-state index in [1.54, 1.807) is 36.0 Å². The maximum atomic E-state index is 8.73. The van der Waals surface area contributed by atoms with Gasteiger partial charge in [0.05, 0.1) is 11.6 Å². The monoisotopic (exact) mass is 255 g/mol. The Bertz CT molecular complexity index is 584. The van der Waals surface area contributed by atoms with E-state index in [1.165, 1.54) is 4.90 Å². The molecular weight excluding hydrogens is 242 g/mol. The molecule has 0 atom stereocenters. The van der Waals surface area contributed by atoms with Crippen LogP contribution < -0.4 is 4.74 Å². The highest BCUT2D eigenvalue weighted by molar-refractivity contribution is 7.98. The highest BCUT2D eigenvalue weighted by Crippen LogP contribution is 2.28. The summed E-state index contributed by atoms with van der Waals surface area (Å²) in [6.45, 7) is 2.03. The first-order valence-electron chi connectivity index (χ1n) is 5.55. The minimum atomic E-state index is 0.636. The van der Waals surface area contributed by atoms with Crippen LogP contribution in [0.25, 0.3) is 0 Å². The van der Waals surface area contributed by atoms with Crippen molar-refractivity contribution in [1.29, 1.82) is 5.26 Å². The number of ether oxygens (including phenoxy) is 1. The Balaban J connectivity index is 2.20. The van der Waals surface area contributed by atoms with Crippen molar-refractivity contribution in [1.82, 2.24) is 0 Å². The number of hydrogen-bond donors (Lipinski definition) is 0. The van der Waals surface area contributed by atoms with Gasteiger partial charge in [-0.1, -0.05) is 0 Å². The lowest BCUT2D eigenvalue weighted by Crippen LogP contribution is -1.88. The first kappa shape index (κ1) is 12.5. The summed E-state index contributed by atoms with van der Waals surface area (Å²) in [5, 5.41) is 8.73. The Hall–Kier alpha value is -1.92. The van der Waals surface area contributed by atoms with Crippen molar-refractivity contribution in [3.05, 3.63) is 53.6 Å². The molecule has 0 spiro atoms. The minimum Gasteiger partial charge on any atom is -0.457 e. The summed E-state index contributed by atoms with van der Waals surface area (Å²) in [6, 6.07) is 15.3. The van der Waals surface area contributed by atoms with E-state index >= 15 is 0 Å². The lowest BCUT2D eigenvalue weighted by Gasteiger charge is -2.09. The van der Waals surface area contributed by atoms with E-state index in [0.29, 0.717) is 5.56 Å². The minimum absolute atomic E-state index is 0.636. The van der Waals surface area contributed by atoms with Gasteiger partial charge in [-0.15, -0.1) is 11.8 Å². The van der Waals surface area contributed by atoms with E-state index in [1.807, 2.05) is 19.1 Å². The quantitative estimate of drug-likeness (QED) is 0.763. The van der Waals surface area contributed by atoms with Gasteiger partial charge in [-0.3, -0.25) is 0 Å². The number of hydrogen-bond acceptors (Lipinski definition) is 3. The molecule has 0 fully saturated rings. The third kappa shape index (κ3) is 2.85. The Morgan fingerprint density at radius 1 is 1.11 bits per heavy atom. The Labute approximate surface area is 111 Å². The van der Waals surface area contributed by atoms with Gasteiger partial charge in [0.15, 0.2) is 0 Å². The fourth-order valence-corrected chi connectivity index (χ4v) is 2.09. The number of nitrogens with zero attached hydrogens (tertiary/aromatic N) is 1. The number of rotatable bonds is 3. The summed E-state index contributed by atoms with van der Waals surface area (Å²) in [6.07, 6.45) is 2.05. The molecule has 2 rings (SSSR count). The molecular formula is C15H13NOS. The van der Waals surface area contributed by atoms with Crippen LogP contribution in [0.1, 0.15) is 11.1 Å². The topological polar surface area (TPSA) is 33.0 Å². The van der Waals surface area contributed by atoms with Crippen LogP contribution in [0.5, 0.6) is 11.5 Å². The lowest BCUT2D eigenvalue weighted by atomic mass is 10.2. The van der Waals surface area contributed by atoms with Gasteiger partial charge in [0, 0.05) is 4.90 Å². The molecule has 0 aliphatic carbocycles. The van der Waals surface area contributed by atoms with Crippen LogP contribution in [0.3, 0.4) is 0 Å². The number of nitriles is 1. The number of benzene rings is 2. The normalized spacial score (nSPS) is 9.83. The van der Waals surface area contributed by atoms with Gasteiger partial charge in [-0.05, 0) is 61.2 Å². The van der Waals surface area contributed by atoms with E-state index in [0.717, 1.165) is 17.1 Å². The second-order valence-electron chi connectivity index (χ2n) is 3.87. The Morgan fingerprint density at radius 3 is 2.39 bits per heavy atom. The summed E-state index contributed by atoms with van der Waals surface area (Å²) in [4.78, 5) is 1.22. The third-order valence-corrected chi connectivity index (χ3v) is 3.32. The van der Waals surface area contributed by atoms with Gasteiger partial charge in [0.25, 0.3) is 0 Å². The zero-order valence-corrected chi connectivity index (χ0v) is 11.1. The molecule has 0 aliphatic heterocycles. The van der Waals surface area contributed by atoms with E-state index < -0.39 is 0 Å². The molecule has 0 saturated carbocycles. The second kappa shape index (κ2) is 5.61. The Kier molecular flexibility index (Phi) is 3.91. The third-order valence-electron chi connectivity index (χ3n) is 2.59. The molecule has 0 aliphatic rings. The van der Waals surface area contributed by atoms with Crippen LogP contribution in [-0.4, -0.2) is 6.26 Å². The molecule has 2 aromatic rings. The predicted octanol–water partition coefficient (Wildman–Crippen LogP) is 4.38. The smallest absolute Gasteiger partial charge is 0.130 e. The molecule has 0 amide bonds. The fraction of sp³-hybridized carbons (Fsp3) is 0.133. The van der Waals surface area contributed by atoms with E-state index in [9.17, 15) is 0 Å². The second-order valence-corrected chi connectivity index (χ2v) is 4.75. The largest absolute Gasteiger partial charge is 0.457 e. The molecule has 0 bridgehead atoms. The van der Waals surface area contributed by atoms with Crippen molar-refractivity contribution in [2.24, 2.45) is 0 Å². The highest BCUT2D eigenvalue weighted by atomic mass is 32.2. The molecule has 0 saturated heterocycles. The van der Waals surface area contributed by atoms with E-state index in [2.05, 4.69) is 18.4 Å². The molecule has 2 aromatic carbocycles. The van der Waals surface area contributed by atoms with Gasteiger partial charge < -0.3 is 4.74 Å². The summed E-state index contributed by atoms with van der Waals surface area (Å²) in [7, 11) is 0. The van der Waals surface area contributed by atoms with Gasteiger partial charge in [-0.2, -0.15) is 5.26 Å². The molecule has 0 unspecified atom stereocenters. The molecule has 18 heavy (non-hydrogen) atoms. The Morgan fingerprint density at radius 2 is 1.83 bits per heavy atom. The average Bonchev–Trinajstić information content (AvgIpc) is 2.42. The van der Waals surface area contributed by atoms with Crippen LogP contribution in [0.4, 0.5) is 0 Å². The summed E-state index contributed by atoms with van der Waals surface area (Å²) in [5.41, 5.74) is 1.74. The molecule has 2 nitrogen and oxygen atoms in total. The van der Waals surface area contributed by atoms with Crippen LogP contribution >= 0.6 is 11.8 Å². The van der Waals surface area contributed by atoms with Crippen molar-refractivity contribution in [2.75, 3.05) is 6.26 Å². The van der Waals surface area contributed by atoms with Gasteiger partial charge in [0.2, 0.25) is 0 Å². The van der Waals surface area contributed by atoms with Gasteiger partial charge in [-0.25, -0.2) is 0 Å². The molecule has 0 heterocycles. The van der Waals surface area contributed by atoms with Crippen LogP contribution in [0.15, 0.2) is 47.4 Å². The van der Waals surface area contributed by atoms with Gasteiger partial charge in [0.1, 0.15) is 11.5 Å². The predicted molar refractivity (Wildman–Crippen MR) is 74.2 cm³/mol. The van der Waals surface area contributed by atoms with Crippen LogP contribution in [-0.2, 0) is 0 Å². The van der Waals surface area contributed by atoms with Crippen molar-refractivity contribution in [3.8, 4) is 17.6 Å². The van der Waals surface area contributed by atoms with E-state index in [4.69, 9.17) is 10.00 Å². The average molecular weight is 255 g/mol. The maximum absolute atomic E-state index is 8.73. The number of aryl methyl sites for hydroxylation is 1. The molecule has 3 heteroatoms. The van der Waals surface area contributed by atoms with Crippen LogP contribution in [0.2, 0.25) is 0 Å².